The van der Waals surface area contributed by atoms with E-state index < -0.39 is 18.3 Å². The van der Waals surface area contributed by atoms with Crippen LogP contribution in [0.5, 0.6) is 0 Å². The normalized spacial score (nSPS) is 25.7. The van der Waals surface area contributed by atoms with Gasteiger partial charge >= 0.3 is 7.12 Å². The van der Waals surface area contributed by atoms with Crippen LogP contribution < -0.4 is 0 Å². The first-order valence-corrected chi connectivity index (χ1v) is 9.28. The van der Waals surface area contributed by atoms with E-state index in [4.69, 9.17) is 9.31 Å². The molecule has 5 heteroatoms. The van der Waals surface area contributed by atoms with E-state index >= 15 is 4.39 Å². The Labute approximate surface area is 151 Å². The van der Waals surface area contributed by atoms with Crippen LogP contribution in [0.25, 0.3) is 0 Å². The molecule has 0 radical (unpaired) electrons. The minimum atomic E-state index is -0.860. The molecule has 0 bridgehead atoms. The van der Waals surface area contributed by atoms with Crippen LogP contribution in [-0.4, -0.2) is 36.3 Å². The van der Waals surface area contributed by atoms with Crippen molar-refractivity contribution in [3.63, 3.8) is 0 Å². The predicted octanol–water partition coefficient (Wildman–Crippen LogP) is 4.53. The van der Waals surface area contributed by atoms with Crippen LogP contribution in [0.3, 0.4) is 0 Å². The maximum atomic E-state index is 15.0. The molecule has 3 nitrogen and oxygen atoms in total. The quantitative estimate of drug-likeness (QED) is 0.752. The molecular formula is C20H29BFNO2. The molecule has 3 rings (SSSR count). The predicted molar refractivity (Wildman–Crippen MR) is 99.8 cm³/mol. The highest BCUT2D eigenvalue weighted by Crippen LogP contribution is 2.40. The molecule has 2 saturated heterocycles. The Balaban J connectivity index is 1.65. The van der Waals surface area contributed by atoms with Gasteiger partial charge in [0.25, 0.3) is 0 Å². The summed E-state index contributed by atoms with van der Waals surface area (Å²) >= 11 is 0. The van der Waals surface area contributed by atoms with E-state index in [1.165, 1.54) is 5.56 Å². The smallest absolute Gasteiger partial charge is 0.398 e. The van der Waals surface area contributed by atoms with Crippen LogP contribution in [0.15, 0.2) is 41.6 Å². The molecule has 1 aromatic rings. The molecule has 25 heavy (non-hydrogen) atoms. The van der Waals surface area contributed by atoms with E-state index in [1.54, 1.807) is 0 Å². The zero-order valence-electron chi connectivity index (χ0n) is 15.8. The lowest BCUT2D eigenvalue weighted by Gasteiger charge is -2.32. The van der Waals surface area contributed by atoms with Crippen LogP contribution in [0.2, 0.25) is 0 Å². The van der Waals surface area contributed by atoms with Gasteiger partial charge < -0.3 is 9.31 Å². The first-order chi connectivity index (χ1) is 11.8. The third-order valence-corrected chi connectivity index (χ3v) is 5.73. The van der Waals surface area contributed by atoms with Crippen LogP contribution in [0, 0.1) is 0 Å². The Morgan fingerprint density at radius 3 is 2.32 bits per heavy atom. The first kappa shape index (κ1) is 18.6. The molecule has 2 aliphatic heterocycles. The number of hydrogen-bond acceptors (Lipinski definition) is 3. The minimum absolute atomic E-state index is 0.208. The van der Waals surface area contributed by atoms with Crippen molar-refractivity contribution < 1.29 is 13.7 Å². The number of hydrogen-bond donors (Lipinski definition) is 0. The summed E-state index contributed by atoms with van der Waals surface area (Å²) < 4.78 is 26.8. The van der Waals surface area contributed by atoms with E-state index in [1.807, 2.05) is 33.8 Å². The molecule has 0 atom stereocenters. The third kappa shape index (κ3) is 4.16. The highest BCUT2D eigenvalue weighted by Gasteiger charge is 2.53. The van der Waals surface area contributed by atoms with Crippen LogP contribution >= 0.6 is 0 Å². The highest BCUT2D eigenvalue weighted by molar-refractivity contribution is 6.53. The van der Waals surface area contributed by atoms with Gasteiger partial charge in [-0.3, -0.25) is 4.90 Å². The topological polar surface area (TPSA) is 21.7 Å². The third-order valence-electron chi connectivity index (χ3n) is 5.73. The first-order valence-electron chi connectivity index (χ1n) is 9.28. The van der Waals surface area contributed by atoms with E-state index in [0.29, 0.717) is 0 Å². The van der Waals surface area contributed by atoms with Gasteiger partial charge in [0.1, 0.15) is 5.73 Å². The Bertz CT molecular complexity index is 614. The molecule has 0 unspecified atom stereocenters. The van der Waals surface area contributed by atoms with Gasteiger partial charge in [0.05, 0.1) is 11.2 Å². The molecule has 0 spiro atoms. The standard InChI is InChI=1S/C20H29BFNO2/c1-19(2)20(3,4)25-21(24-19)18(22)17-11-8-13-23(14-12-17)15-16-9-6-5-7-10-16/h5-7,9-10H,8,11-15H2,1-4H3. The molecule has 2 aliphatic rings. The summed E-state index contributed by atoms with van der Waals surface area (Å²) in [4.78, 5) is 2.40. The summed E-state index contributed by atoms with van der Waals surface area (Å²) in [6.07, 6.45) is 2.49. The average molecular weight is 345 g/mol. The van der Waals surface area contributed by atoms with Gasteiger partial charge in [-0.2, -0.15) is 0 Å². The molecule has 136 valence electrons. The fraction of sp³-hybridized carbons (Fsp3) is 0.600. The Hall–Kier alpha value is -1.17. The Morgan fingerprint density at radius 1 is 1.04 bits per heavy atom. The lowest BCUT2D eigenvalue weighted by Crippen LogP contribution is -2.41. The van der Waals surface area contributed by atoms with Crippen LogP contribution in [0.4, 0.5) is 4.39 Å². The molecule has 0 saturated carbocycles. The second-order valence-corrected chi connectivity index (χ2v) is 8.16. The van der Waals surface area contributed by atoms with E-state index in [-0.39, 0.29) is 5.73 Å². The van der Waals surface area contributed by atoms with Crippen molar-refractivity contribution >= 4 is 7.12 Å². The van der Waals surface area contributed by atoms with E-state index in [0.717, 1.165) is 44.5 Å². The minimum Gasteiger partial charge on any atom is -0.398 e. The van der Waals surface area contributed by atoms with Gasteiger partial charge in [-0.05, 0) is 64.6 Å². The summed E-state index contributed by atoms with van der Waals surface area (Å²) in [5.74, 6) is 0. The maximum absolute atomic E-state index is 15.0. The lowest BCUT2D eigenvalue weighted by molar-refractivity contribution is 0.00578. The highest BCUT2D eigenvalue weighted by atomic mass is 19.1. The number of benzene rings is 1. The SMILES string of the molecule is CC1(C)OB(C(F)=C2CCCN(Cc3ccccc3)CC2)OC1(C)C. The van der Waals surface area contributed by atoms with Crippen molar-refractivity contribution in [2.24, 2.45) is 0 Å². The van der Waals surface area contributed by atoms with E-state index in [2.05, 4.69) is 29.2 Å². The van der Waals surface area contributed by atoms with Crippen molar-refractivity contribution in [3.05, 3.63) is 47.2 Å². The Morgan fingerprint density at radius 2 is 1.68 bits per heavy atom. The van der Waals surface area contributed by atoms with Crippen molar-refractivity contribution in [2.45, 2.75) is 64.7 Å². The molecule has 0 aliphatic carbocycles. The summed E-state index contributed by atoms with van der Waals surface area (Å²) in [5, 5.41) is 0. The average Bonchev–Trinajstić information content (AvgIpc) is 2.71. The molecule has 0 aromatic heterocycles. The second kappa shape index (κ2) is 7.22. The fourth-order valence-corrected chi connectivity index (χ4v) is 3.40. The molecule has 0 amide bonds. The number of nitrogens with zero attached hydrogens (tertiary/aromatic N) is 1. The lowest BCUT2D eigenvalue weighted by atomic mass is 9.83. The van der Waals surface area contributed by atoms with Crippen molar-refractivity contribution in [1.82, 2.24) is 4.90 Å². The van der Waals surface area contributed by atoms with E-state index in [9.17, 15) is 0 Å². The van der Waals surface area contributed by atoms with Gasteiger partial charge in [0.15, 0.2) is 0 Å². The number of rotatable bonds is 3. The number of halogens is 1. The number of likely N-dealkylation sites (tertiary alicyclic amines) is 1. The van der Waals surface area contributed by atoms with Gasteiger partial charge in [0, 0.05) is 13.1 Å². The second-order valence-electron chi connectivity index (χ2n) is 8.16. The van der Waals surface area contributed by atoms with Gasteiger partial charge in [-0.25, -0.2) is 4.39 Å². The summed E-state index contributed by atoms with van der Waals surface area (Å²) in [5.41, 5.74) is 0.954. The molecule has 1 aromatic carbocycles. The molecular weight excluding hydrogens is 316 g/mol. The maximum Gasteiger partial charge on any atom is 0.525 e. The largest absolute Gasteiger partial charge is 0.525 e. The Kier molecular flexibility index (Phi) is 5.38. The van der Waals surface area contributed by atoms with Crippen molar-refractivity contribution in [3.8, 4) is 0 Å². The molecule has 0 N–H and O–H groups in total. The van der Waals surface area contributed by atoms with Crippen LogP contribution in [-0.2, 0) is 15.9 Å². The molecule has 2 heterocycles. The van der Waals surface area contributed by atoms with Gasteiger partial charge in [-0.15, -0.1) is 0 Å². The summed E-state index contributed by atoms with van der Waals surface area (Å²) in [7, 11) is -0.860. The summed E-state index contributed by atoms with van der Waals surface area (Å²) in [6, 6.07) is 10.5. The van der Waals surface area contributed by atoms with Gasteiger partial charge in [0.2, 0.25) is 0 Å². The zero-order chi connectivity index (χ0) is 18.1. The van der Waals surface area contributed by atoms with Crippen molar-refractivity contribution in [2.75, 3.05) is 13.1 Å². The van der Waals surface area contributed by atoms with Crippen LogP contribution in [0.1, 0.15) is 52.5 Å². The fourth-order valence-electron chi connectivity index (χ4n) is 3.40. The van der Waals surface area contributed by atoms with Crippen molar-refractivity contribution in [1.29, 1.82) is 0 Å². The van der Waals surface area contributed by atoms with Gasteiger partial charge in [-0.1, -0.05) is 30.3 Å². The zero-order valence-corrected chi connectivity index (χ0v) is 15.8. The summed E-state index contributed by atoms with van der Waals surface area (Å²) in [6.45, 7) is 10.6. The molecule has 2 fully saturated rings. The monoisotopic (exact) mass is 345 g/mol.